The molecular formula is C22H21F3N4O. The van der Waals surface area contributed by atoms with Crippen LogP contribution in [0.1, 0.15) is 28.4 Å². The summed E-state index contributed by atoms with van der Waals surface area (Å²) in [5.74, 6) is -0.419. The van der Waals surface area contributed by atoms with Crippen molar-refractivity contribution in [3.05, 3.63) is 77.5 Å². The summed E-state index contributed by atoms with van der Waals surface area (Å²) in [6.45, 7) is 2.69. The first-order chi connectivity index (χ1) is 14.3. The Kier molecular flexibility index (Phi) is 6.25. The molecule has 0 saturated heterocycles. The predicted molar refractivity (Wildman–Crippen MR) is 111 cm³/mol. The smallest absolute Gasteiger partial charge is 0.398 e. The number of alkyl halides is 3. The summed E-state index contributed by atoms with van der Waals surface area (Å²) in [4.78, 5) is 16.8. The Morgan fingerprint density at radius 3 is 2.63 bits per heavy atom. The van der Waals surface area contributed by atoms with Crippen LogP contribution in [0.25, 0.3) is 11.3 Å². The van der Waals surface area contributed by atoms with Gasteiger partial charge in [-0.05, 0) is 55.0 Å². The fourth-order valence-electron chi connectivity index (χ4n) is 2.95. The van der Waals surface area contributed by atoms with Crippen LogP contribution in [0.5, 0.6) is 0 Å². The van der Waals surface area contributed by atoms with Gasteiger partial charge in [0.25, 0.3) is 5.91 Å². The predicted octanol–water partition coefficient (Wildman–Crippen LogP) is 4.71. The quantitative estimate of drug-likeness (QED) is 0.511. The summed E-state index contributed by atoms with van der Waals surface area (Å²) in [5.41, 5.74) is 8.61. The number of halogens is 3. The van der Waals surface area contributed by atoms with E-state index in [1.165, 1.54) is 24.4 Å². The number of hydrogen-bond acceptors (Lipinski definition) is 4. The fraction of sp³-hybridized carbons (Fsp3) is 0.182. The monoisotopic (exact) mass is 414 g/mol. The van der Waals surface area contributed by atoms with Crippen molar-refractivity contribution < 1.29 is 18.0 Å². The van der Waals surface area contributed by atoms with Gasteiger partial charge in [0, 0.05) is 41.8 Å². The van der Waals surface area contributed by atoms with Gasteiger partial charge >= 0.3 is 6.18 Å². The zero-order valence-corrected chi connectivity index (χ0v) is 16.3. The van der Waals surface area contributed by atoms with Crippen LogP contribution >= 0.6 is 0 Å². The lowest BCUT2D eigenvalue weighted by molar-refractivity contribution is -0.137. The van der Waals surface area contributed by atoms with Crippen LogP contribution in [0.4, 0.5) is 24.5 Å². The number of hydrogen-bond donors (Lipinski definition) is 3. The van der Waals surface area contributed by atoms with Crippen molar-refractivity contribution in [1.29, 1.82) is 0 Å². The van der Waals surface area contributed by atoms with E-state index in [9.17, 15) is 18.0 Å². The second-order valence-corrected chi connectivity index (χ2v) is 6.64. The molecule has 1 aromatic heterocycles. The van der Waals surface area contributed by atoms with Crippen molar-refractivity contribution in [2.75, 3.05) is 17.6 Å². The van der Waals surface area contributed by atoms with Crippen molar-refractivity contribution in [2.45, 2.75) is 19.6 Å². The van der Waals surface area contributed by atoms with Crippen LogP contribution in [0.15, 0.2) is 60.8 Å². The minimum absolute atomic E-state index is 0.0293. The molecule has 0 aliphatic carbocycles. The van der Waals surface area contributed by atoms with E-state index in [0.717, 1.165) is 24.4 Å². The molecule has 8 heteroatoms. The molecule has 0 bridgehead atoms. The van der Waals surface area contributed by atoms with Crippen molar-refractivity contribution in [3.63, 3.8) is 0 Å². The molecule has 3 aromatic rings. The maximum absolute atomic E-state index is 12.8. The number of carbonyl (C=O) groups excluding carboxylic acids is 1. The van der Waals surface area contributed by atoms with Crippen LogP contribution < -0.4 is 16.4 Å². The van der Waals surface area contributed by atoms with E-state index >= 15 is 0 Å². The molecule has 4 N–H and O–H groups in total. The van der Waals surface area contributed by atoms with Gasteiger partial charge in [0.15, 0.2) is 0 Å². The summed E-state index contributed by atoms with van der Waals surface area (Å²) in [5, 5.41) is 5.83. The van der Waals surface area contributed by atoms with Crippen LogP contribution in [-0.2, 0) is 12.7 Å². The first-order valence-corrected chi connectivity index (χ1v) is 9.32. The number of aromatic nitrogens is 1. The molecule has 3 rings (SSSR count). The molecule has 0 atom stereocenters. The highest BCUT2D eigenvalue weighted by molar-refractivity contribution is 5.95. The number of nitrogens with zero attached hydrogens (tertiary/aromatic N) is 1. The van der Waals surface area contributed by atoms with Gasteiger partial charge in [-0.1, -0.05) is 12.1 Å². The lowest BCUT2D eigenvalue weighted by Gasteiger charge is -2.11. The Hall–Kier alpha value is -3.55. The summed E-state index contributed by atoms with van der Waals surface area (Å²) in [6.07, 6.45) is -2.94. The van der Waals surface area contributed by atoms with Gasteiger partial charge in [-0.3, -0.25) is 9.78 Å². The Labute approximate surface area is 172 Å². The third-order valence-electron chi connectivity index (χ3n) is 4.44. The summed E-state index contributed by atoms with van der Waals surface area (Å²) < 4.78 is 38.5. The van der Waals surface area contributed by atoms with Gasteiger partial charge in [0.1, 0.15) is 0 Å². The third-order valence-corrected chi connectivity index (χ3v) is 4.44. The molecule has 0 spiro atoms. The second kappa shape index (κ2) is 8.86. The number of rotatable bonds is 6. The lowest BCUT2D eigenvalue weighted by atomic mass is 10.1. The third kappa shape index (κ3) is 5.08. The van der Waals surface area contributed by atoms with Gasteiger partial charge in [-0.15, -0.1) is 0 Å². The lowest BCUT2D eigenvalue weighted by Crippen LogP contribution is -2.23. The molecule has 0 aliphatic heterocycles. The van der Waals surface area contributed by atoms with E-state index in [-0.39, 0.29) is 6.54 Å². The molecular weight excluding hydrogens is 393 g/mol. The number of amides is 1. The highest BCUT2D eigenvalue weighted by Crippen LogP contribution is 2.30. The summed E-state index contributed by atoms with van der Waals surface area (Å²) in [7, 11) is 0. The minimum Gasteiger partial charge on any atom is -0.398 e. The van der Waals surface area contributed by atoms with Crippen LogP contribution in [0.2, 0.25) is 0 Å². The van der Waals surface area contributed by atoms with Crippen molar-refractivity contribution >= 4 is 17.3 Å². The topological polar surface area (TPSA) is 80.0 Å². The van der Waals surface area contributed by atoms with Crippen molar-refractivity contribution in [3.8, 4) is 11.3 Å². The van der Waals surface area contributed by atoms with E-state index in [0.29, 0.717) is 28.1 Å². The van der Waals surface area contributed by atoms with Gasteiger partial charge in [0.05, 0.1) is 11.3 Å². The number of nitrogens with one attached hydrogen (secondary N) is 2. The van der Waals surface area contributed by atoms with Crippen LogP contribution in [-0.4, -0.2) is 17.4 Å². The molecule has 156 valence electrons. The highest BCUT2D eigenvalue weighted by Gasteiger charge is 2.30. The van der Waals surface area contributed by atoms with Crippen molar-refractivity contribution in [2.24, 2.45) is 0 Å². The summed E-state index contributed by atoms with van der Waals surface area (Å²) >= 11 is 0. The second-order valence-electron chi connectivity index (χ2n) is 6.64. The molecule has 0 aliphatic rings. The number of carbonyl (C=O) groups is 1. The summed E-state index contributed by atoms with van der Waals surface area (Å²) in [6, 6.07) is 13.5. The highest BCUT2D eigenvalue weighted by atomic mass is 19.4. The molecule has 0 unspecified atom stereocenters. The van der Waals surface area contributed by atoms with E-state index in [1.807, 2.05) is 19.1 Å². The normalized spacial score (nSPS) is 11.2. The fourth-order valence-corrected chi connectivity index (χ4v) is 2.95. The molecule has 2 aromatic carbocycles. The average Bonchev–Trinajstić information content (AvgIpc) is 2.73. The molecule has 0 radical (unpaired) electrons. The van der Waals surface area contributed by atoms with Gasteiger partial charge < -0.3 is 16.4 Å². The number of nitrogens with two attached hydrogens (primary N) is 1. The molecule has 0 fully saturated rings. The number of anilines is 2. The molecule has 30 heavy (non-hydrogen) atoms. The SMILES string of the molecule is CCNc1ccc(N)c(-c2cc(C(=O)NCc3cccc(C(F)(F)F)c3)ccn2)c1. The maximum Gasteiger partial charge on any atom is 0.416 e. The number of benzene rings is 2. The Morgan fingerprint density at radius 2 is 1.90 bits per heavy atom. The van der Waals surface area contributed by atoms with Crippen molar-refractivity contribution in [1.82, 2.24) is 10.3 Å². The minimum atomic E-state index is -4.43. The molecule has 1 amide bonds. The maximum atomic E-state index is 12.8. The van der Waals surface area contributed by atoms with E-state index in [4.69, 9.17) is 5.73 Å². The zero-order chi connectivity index (χ0) is 21.7. The Morgan fingerprint density at radius 1 is 1.10 bits per heavy atom. The molecule has 1 heterocycles. The average molecular weight is 414 g/mol. The van der Waals surface area contributed by atoms with E-state index in [1.54, 1.807) is 12.1 Å². The van der Waals surface area contributed by atoms with Gasteiger partial charge in [0.2, 0.25) is 0 Å². The zero-order valence-electron chi connectivity index (χ0n) is 16.3. The Balaban J connectivity index is 1.77. The Bertz CT molecular complexity index is 1050. The van der Waals surface area contributed by atoms with Crippen LogP contribution in [0.3, 0.4) is 0 Å². The first kappa shape index (κ1) is 21.2. The van der Waals surface area contributed by atoms with E-state index in [2.05, 4.69) is 15.6 Å². The van der Waals surface area contributed by atoms with Gasteiger partial charge in [-0.25, -0.2) is 0 Å². The van der Waals surface area contributed by atoms with Crippen LogP contribution in [0, 0.1) is 0 Å². The first-order valence-electron chi connectivity index (χ1n) is 9.32. The standard InChI is InChI=1S/C22H21F3N4O/c1-2-27-17-6-7-19(26)18(12-17)20-11-15(8-9-28-20)21(30)29-13-14-4-3-5-16(10-14)22(23,24)25/h3-12,27H,2,13,26H2,1H3,(H,29,30). The number of nitrogen functional groups attached to an aromatic ring is 1. The number of pyridine rings is 1. The largest absolute Gasteiger partial charge is 0.416 e. The molecule has 0 saturated carbocycles. The van der Waals surface area contributed by atoms with E-state index < -0.39 is 17.6 Å². The van der Waals surface area contributed by atoms with Gasteiger partial charge in [-0.2, -0.15) is 13.2 Å². The molecule has 5 nitrogen and oxygen atoms in total.